The summed E-state index contributed by atoms with van der Waals surface area (Å²) in [6.07, 6.45) is 2.54. The summed E-state index contributed by atoms with van der Waals surface area (Å²) in [6, 6.07) is 0.595. The van der Waals surface area contributed by atoms with Gasteiger partial charge >= 0.3 is 0 Å². The van der Waals surface area contributed by atoms with E-state index in [0.717, 1.165) is 31.9 Å². The van der Waals surface area contributed by atoms with Gasteiger partial charge in [-0.2, -0.15) is 0 Å². The molecule has 1 aromatic heterocycles. The molecule has 0 amide bonds. The molecule has 0 radical (unpaired) electrons. The Morgan fingerprint density at radius 3 is 3.24 bits per heavy atom. The van der Waals surface area contributed by atoms with Gasteiger partial charge in [-0.05, 0) is 19.8 Å². The Morgan fingerprint density at radius 2 is 2.53 bits per heavy atom. The molecule has 4 nitrogen and oxygen atoms in total. The summed E-state index contributed by atoms with van der Waals surface area (Å²) in [4.78, 5) is 7.02. The van der Waals surface area contributed by atoms with Gasteiger partial charge in [0.25, 0.3) is 0 Å². The fraction of sp³-hybridized carbons (Fsp3) is 0.750. The number of ether oxygens (including phenoxy) is 1. The van der Waals surface area contributed by atoms with Crippen LogP contribution < -0.4 is 10.2 Å². The number of thiazole rings is 1. The molecule has 2 rings (SSSR count). The molecular weight excluding hydrogens is 234 g/mol. The fourth-order valence-corrected chi connectivity index (χ4v) is 3.12. The van der Waals surface area contributed by atoms with Crippen LogP contribution in [-0.4, -0.2) is 44.4 Å². The highest BCUT2D eigenvalue weighted by Crippen LogP contribution is 2.27. The SMILES string of the molecule is COCCNCC1CCCN1c1nc(C)cs1. The first-order valence-corrected chi connectivity index (χ1v) is 7.07. The maximum absolute atomic E-state index is 5.03. The van der Waals surface area contributed by atoms with Gasteiger partial charge in [0.05, 0.1) is 12.3 Å². The highest BCUT2D eigenvalue weighted by atomic mass is 32.1. The van der Waals surface area contributed by atoms with Crippen LogP contribution in [-0.2, 0) is 4.74 Å². The molecule has 0 aromatic carbocycles. The van der Waals surface area contributed by atoms with Gasteiger partial charge in [0.1, 0.15) is 0 Å². The van der Waals surface area contributed by atoms with Gasteiger partial charge in [0.2, 0.25) is 0 Å². The molecule has 1 fully saturated rings. The molecule has 1 aliphatic heterocycles. The van der Waals surface area contributed by atoms with Crippen molar-refractivity contribution in [1.29, 1.82) is 0 Å². The number of hydrogen-bond donors (Lipinski definition) is 1. The first-order chi connectivity index (χ1) is 8.31. The summed E-state index contributed by atoms with van der Waals surface area (Å²) in [6.45, 7) is 5.94. The fourth-order valence-electron chi connectivity index (χ4n) is 2.22. The number of nitrogens with one attached hydrogen (secondary N) is 1. The van der Waals surface area contributed by atoms with E-state index in [4.69, 9.17) is 4.74 Å². The highest BCUT2D eigenvalue weighted by Gasteiger charge is 2.25. The van der Waals surface area contributed by atoms with E-state index in [2.05, 4.69) is 27.5 Å². The molecule has 2 heterocycles. The Labute approximate surface area is 107 Å². The van der Waals surface area contributed by atoms with Crippen molar-refractivity contribution >= 4 is 16.5 Å². The first-order valence-electron chi connectivity index (χ1n) is 6.19. The molecule has 0 spiro atoms. The van der Waals surface area contributed by atoms with Crippen molar-refractivity contribution in [2.24, 2.45) is 0 Å². The minimum Gasteiger partial charge on any atom is -0.383 e. The largest absolute Gasteiger partial charge is 0.383 e. The second-order valence-corrected chi connectivity index (χ2v) is 5.29. The van der Waals surface area contributed by atoms with Crippen LogP contribution in [0.2, 0.25) is 0 Å². The molecule has 0 saturated carbocycles. The van der Waals surface area contributed by atoms with Crippen molar-refractivity contribution < 1.29 is 4.74 Å². The predicted molar refractivity (Wildman–Crippen MR) is 72.0 cm³/mol. The minimum atomic E-state index is 0.595. The Hall–Kier alpha value is -0.650. The molecule has 0 bridgehead atoms. The molecule has 1 atom stereocenters. The Bertz CT molecular complexity index is 342. The zero-order valence-corrected chi connectivity index (χ0v) is 11.4. The van der Waals surface area contributed by atoms with E-state index in [9.17, 15) is 0 Å². The maximum Gasteiger partial charge on any atom is 0.185 e. The normalized spacial score (nSPS) is 20.1. The number of aryl methyl sites for hydroxylation is 1. The smallest absolute Gasteiger partial charge is 0.185 e. The summed E-state index contributed by atoms with van der Waals surface area (Å²) in [5.41, 5.74) is 1.13. The van der Waals surface area contributed by atoms with Gasteiger partial charge < -0.3 is 15.0 Å². The van der Waals surface area contributed by atoms with E-state index >= 15 is 0 Å². The van der Waals surface area contributed by atoms with Crippen LogP contribution in [0.25, 0.3) is 0 Å². The van der Waals surface area contributed by atoms with Crippen LogP contribution in [0.1, 0.15) is 18.5 Å². The van der Waals surface area contributed by atoms with Crippen molar-refractivity contribution in [2.45, 2.75) is 25.8 Å². The summed E-state index contributed by atoms with van der Waals surface area (Å²) < 4.78 is 5.03. The molecule has 0 aliphatic carbocycles. The summed E-state index contributed by atoms with van der Waals surface area (Å²) >= 11 is 1.76. The van der Waals surface area contributed by atoms with Gasteiger partial charge in [-0.3, -0.25) is 0 Å². The lowest BCUT2D eigenvalue weighted by Crippen LogP contribution is -2.38. The Kier molecular flexibility index (Phi) is 4.76. The van der Waals surface area contributed by atoms with Crippen LogP contribution in [0.5, 0.6) is 0 Å². The second kappa shape index (κ2) is 6.33. The third-order valence-electron chi connectivity index (χ3n) is 3.09. The number of hydrogen-bond acceptors (Lipinski definition) is 5. The number of aromatic nitrogens is 1. The molecule has 1 saturated heterocycles. The number of nitrogens with zero attached hydrogens (tertiary/aromatic N) is 2. The molecule has 17 heavy (non-hydrogen) atoms. The van der Waals surface area contributed by atoms with Gasteiger partial charge in [-0.1, -0.05) is 0 Å². The van der Waals surface area contributed by atoms with E-state index in [1.165, 1.54) is 18.0 Å². The van der Waals surface area contributed by atoms with Crippen LogP contribution in [0, 0.1) is 6.92 Å². The molecule has 96 valence electrons. The van der Waals surface area contributed by atoms with E-state index in [1.54, 1.807) is 18.4 Å². The average Bonchev–Trinajstić information content (AvgIpc) is 2.93. The molecular formula is C12H21N3OS. The summed E-state index contributed by atoms with van der Waals surface area (Å²) in [5, 5.41) is 6.75. The number of methoxy groups -OCH3 is 1. The van der Waals surface area contributed by atoms with Crippen molar-refractivity contribution in [3.8, 4) is 0 Å². The van der Waals surface area contributed by atoms with Crippen LogP contribution in [0.4, 0.5) is 5.13 Å². The van der Waals surface area contributed by atoms with Gasteiger partial charge in [-0.25, -0.2) is 4.98 Å². The van der Waals surface area contributed by atoms with E-state index in [1.807, 2.05) is 0 Å². The van der Waals surface area contributed by atoms with E-state index in [0.29, 0.717) is 6.04 Å². The van der Waals surface area contributed by atoms with Gasteiger partial charge in [-0.15, -0.1) is 11.3 Å². The van der Waals surface area contributed by atoms with Crippen molar-refractivity contribution in [3.63, 3.8) is 0 Å². The average molecular weight is 255 g/mol. The molecule has 1 aliphatic rings. The lowest BCUT2D eigenvalue weighted by atomic mass is 10.2. The zero-order valence-electron chi connectivity index (χ0n) is 10.6. The maximum atomic E-state index is 5.03. The van der Waals surface area contributed by atoms with Crippen LogP contribution >= 0.6 is 11.3 Å². The van der Waals surface area contributed by atoms with Crippen molar-refractivity contribution in [3.05, 3.63) is 11.1 Å². The van der Waals surface area contributed by atoms with Crippen LogP contribution in [0.3, 0.4) is 0 Å². The van der Waals surface area contributed by atoms with E-state index < -0.39 is 0 Å². The van der Waals surface area contributed by atoms with Gasteiger partial charge in [0.15, 0.2) is 5.13 Å². The van der Waals surface area contributed by atoms with Crippen LogP contribution in [0.15, 0.2) is 5.38 Å². The zero-order chi connectivity index (χ0) is 12.1. The third-order valence-corrected chi connectivity index (χ3v) is 4.09. The lowest BCUT2D eigenvalue weighted by molar-refractivity contribution is 0.199. The lowest BCUT2D eigenvalue weighted by Gasteiger charge is -2.24. The third kappa shape index (κ3) is 3.40. The number of anilines is 1. The molecule has 1 N–H and O–H groups in total. The Balaban J connectivity index is 1.84. The highest BCUT2D eigenvalue weighted by molar-refractivity contribution is 7.13. The Morgan fingerprint density at radius 1 is 1.65 bits per heavy atom. The monoisotopic (exact) mass is 255 g/mol. The van der Waals surface area contributed by atoms with Gasteiger partial charge in [0, 0.05) is 38.2 Å². The van der Waals surface area contributed by atoms with Crippen molar-refractivity contribution in [2.75, 3.05) is 38.3 Å². The topological polar surface area (TPSA) is 37.4 Å². The summed E-state index contributed by atoms with van der Waals surface area (Å²) in [5.74, 6) is 0. The second-order valence-electron chi connectivity index (χ2n) is 4.46. The number of rotatable bonds is 6. The quantitative estimate of drug-likeness (QED) is 0.784. The molecule has 1 aromatic rings. The minimum absolute atomic E-state index is 0.595. The standard InChI is InChI=1S/C12H21N3OS/c1-10-9-17-12(14-10)15-6-3-4-11(15)8-13-5-7-16-2/h9,11,13H,3-8H2,1-2H3. The predicted octanol–water partition coefficient (Wildman–Crippen LogP) is 1.66. The summed E-state index contributed by atoms with van der Waals surface area (Å²) in [7, 11) is 1.74. The first kappa shape index (κ1) is 12.8. The van der Waals surface area contributed by atoms with E-state index in [-0.39, 0.29) is 0 Å². The molecule has 1 unspecified atom stereocenters. The molecule has 5 heteroatoms. The van der Waals surface area contributed by atoms with Crippen molar-refractivity contribution in [1.82, 2.24) is 10.3 Å².